The summed E-state index contributed by atoms with van der Waals surface area (Å²) >= 11 is 6.10. The average Bonchev–Trinajstić information content (AvgIpc) is 2.54. The van der Waals surface area contributed by atoms with E-state index in [1.54, 1.807) is 14.0 Å². The van der Waals surface area contributed by atoms with Gasteiger partial charge in [-0.1, -0.05) is 41.9 Å². The smallest absolute Gasteiger partial charge is 0.239 e. The lowest BCUT2D eigenvalue weighted by Crippen LogP contribution is -2.52. The largest absolute Gasteiger partial charge is 0.489 e. The number of likely N-dealkylation sites (N-methyl/N-ethyl adjacent to an activating group) is 1. The van der Waals surface area contributed by atoms with E-state index in [4.69, 9.17) is 22.1 Å². The molecule has 1 atom stereocenters. The summed E-state index contributed by atoms with van der Waals surface area (Å²) < 4.78 is 5.73. The molecule has 1 amide bonds. The number of amides is 1. The van der Waals surface area contributed by atoms with Crippen LogP contribution in [0.5, 0.6) is 5.75 Å². The predicted octanol–water partition coefficient (Wildman–Crippen LogP) is 2.92. The van der Waals surface area contributed by atoms with Crippen LogP contribution in [-0.4, -0.2) is 18.5 Å². The predicted molar refractivity (Wildman–Crippen MR) is 92.6 cm³/mol. The van der Waals surface area contributed by atoms with Crippen molar-refractivity contribution in [1.29, 1.82) is 0 Å². The van der Waals surface area contributed by atoms with Gasteiger partial charge in [-0.2, -0.15) is 0 Å². The summed E-state index contributed by atoms with van der Waals surface area (Å²) in [5.74, 6) is 0.559. The molecule has 0 heterocycles. The van der Waals surface area contributed by atoms with Gasteiger partial charge in [0.1, 0.15) is 12.4 Å². The number of carbonyl (C=O) groups is 1. The average molecular weight is 333 g/mol. The summed E-state index contributed by atoms with van der Waals surface area (Å²) in [6.45, 7) is 2.12. The fraction of sp³-hybridized carbons (Fsp3) is 0.278. The monoisotopic (exact) mass is 332 g/mol. The Morgan fingerprint density at radius 3 is 2.48 bits per heavy atom. The van der Waals surface area contributed by atoms with Crippen LogP contribution < -0.4 is 15.8 Å². The Balaban J connectivity index is 1.97. The van der Waals surface area contributed by atoms with Gasteiger partial charge in [-0.15, -0.1) is 0 Å². The minimum absolute atomic E-state index is 0.184. The van der Waals surface area contributed by atoms with Gasteiger partial charge in [-0.25, -0.2) is 0 Å². The maximum absolute atomic E-state index is 11.7. The molecule has 0 aliphatic rings. The highest BCUT2D eigenvalue weighted by atomic mass is 35.5. The van der Waals surface area contributed by atoms with Gasteiger partial charge in [0, 0.05) is 17.6 Å². The molecule has 122 valence electrons. The van der Waals surface area contributed by atoms with Crippen molar-refractivity contribution in [1.82, 2.24) is 5.32 Å². The van der Waals surface area contributed by atoms with Gasteiger partial charge in [0.2, 0.25) is 5.91 Å². The number of hydrogen-bond acceptors (Lipinski definition) is 3. The van der Waals surface area contributed by atoms with Crippen LogP contribution in [0, 0.1) is 0 Å². The van der Waals surface area contributed by atoms with E-state index in [2.05, 4.69) is 5.32 Å². The summed E-state index contributed by atoms with van der Waals surface area (Å²) in [4.78, 5) is 11.7. The van der Waals surface area contributed by atoms with Crippen molar-refractivity contribution < 1.29 is 9.53 Å². The third kappa shape index (κ3) is 4.71. The topological polar surface area (TPSA) is 64.4 Å². The van der Waals surface area contributed by atoms with E-state index >= 15 is 0 Å². The maximum atomic E-state index is 11.7. The molecule has 23 heavy (non-hydrogen) atoms. The summed E-state index contributed by atoms with van der Waals surface area (Å²) in [7, 11) is 1.58. The van der Waals surface area contributed by atoms with E-state index in [1.807, 2.05) is 48.5 Å². The molecule has 3 N–H and O–H groups in total. The van der Waals surface area contributed by atoms with Gasteiger partial charge in [-0.3, -0.25) is 4.79 Å². The Kier molecular flexibility index (Phi) is 5.64. The Bertz CT molecular complexity index is 669. The quantitative estimate of drug-likeness (QED) is 0.854. The summed E-state index contributed by atoms with van der Waals surface area (Å²) in [5.41, 5.74) is 7.01. The van der Waals surface area contributed by atoms with Crippen molar-refractivity contribution >= 4 is 17.5 Å². The number of hydrogen-bond donors (Lipinski definition) is 2. The molecule has 0 aromatic heterocycles. The molecule has 0 spiro atoms. The first-order valence-corrected chi connectivity index (χ1v) is 7.76. The van der Waals surface area contributed by atoms with Crippen LogP contribution >= 0.6 is 11.6 Å². The molecule has 0 aliphatic heterocycles. The van der Waals surface area contributed by atoms with Gasteiger partial charge in [0.25, 0.3) is 0 Å². The number of rotatable bonds is 6. The zero-order valence-corrected chi connectivity index (χ0v) is 14.1. The number of nitrogens with two attached hydrogens (primary N) is 1. The minimum Gasteiger partial charge on any atom is -0.489 e. The standard InChI is InChI=1S/C18H21ClN2O2/c1-18(20,17(22)21-2)11-13-7-9-15(10-8-13)23-12-14-5-3-4-6-16(14)19/h3-10H,11-12,20H2,1-2H3,(H,21,22). The molecule has 0 aliphatic carbocycles. The van der Waals surface area contributed by atoms with Gasteiger partial charge in [0.15, 0.2) is 0 Å². The molecule has 2 aromatic carbocycles. The van der Waals surface area contributed by atoms with Crippen molar-refractivity contribution in [3.8, 4) is 5.75 Å². The lowest BCUT2D eigenvalue weighted by Gasteiger charge is -2.22. The molecule has 4 nitrogen and oxygen atoms in total. The zero-order chi connectivity index (χ0) is 16.9. The first-order valence-electron chi connectivity index (χ1n) is 7.38. The number of benzene rings is 2. The van der Waals surface area contributed by atoms with Crippen LogP contribution in [0.25, 0.3) is 0 Å². The molecular weight excluding hydrogens is 312 g/mol. The highest BCUT2D eigenvalue weighted by molar-refractivity contribution is 6.31. The van der Waals surface area contributed by atoms with Crippen LogP contribution in [0.3, 0.4) is 0 Å². The Hall–Kier alpha value is -2.04. The minimum atomic E-state index is -0.936. The molecular formula is C18H21ClN2O2. The number of nitrogens with one attached hydrogen (secondary N) is 1. The Labute approximate surface area is 141 Å². The number of carbonyl (C=O) groups excluding carboxylic acids is 1. The highest BCUT2D eigenvalue weighted by Gasteiger charge is 2.27. The van der Waals surface area contributed by atoms with E-state index in [1.165, 1.54) is 0 Å². The van der Waals surface area contributed by atoms with Crippen LogP contribution in [-0.2, 0) is 17.8 Å². The molecule has 5 heteroatoms. The van der Waals surface area contributed by atoms with Crippen molar-refractivity contribution in [2.75, 3.05) is 7.05 Å². The van der Waals surface area contributed by atoms with E-state index in [0.29, 0.717) is 18.1 Å². The second-order valence-electron chi connectivity index (χ2n) is 5.70. The molecule has 2 aromatic rings. The van der Waals surface area contributed by atoms with Gasteiger partial charge < -0.3 is 15.8 Å². The molecule has 0 saturated heterocycles. The van der Waals surface area contributed by atoms with E-state index in [0.717, 1.165) is 16.9 Å². The zero-order valence-electron chi connectivity index (χ0n) is 13.3. The second-order valence-corrected chi connectivity index (χ2v) is 6.10. The molecule has 1 unspecified atom stereocenters. The lowest BCUT2D eigenvalue weighted by molar-refractivity contribution is -0.125. The van der Waals surface area contributed by atoms with Crippen molar-refractivity contribution in [3.63, 3.8) is 0 Å². The lowest BCUT2D eigenvalue weighted by atomic mass is 9.93. The molecule has 0 fully saturated rings. The Morgan fingerprint density at radius 2 is 1.87 bits per heavy atom. The highest BCUT2D eigenvalue weighted by Crippen LogP contribution is 2.20. The summed E-state index contributed by atoms with van der Waals surface area (Å²) in [5, 5.41) is 3.27. The van der Waals surface area contributed by atoms with Crippen molar-refractivity contribution in [2.24, 2.45) is 5.73 Å². The van der Waals surface area contributed by atoms with Gasteiger partial charge in [0.05, 0.1) is 5.54 Å². The third-order valence-electron chi connectivity index (χ3n) is 3.59. The molecule has 2 rings (SSSR count). The van der Waals surface area contributed by atoms with Crippen LogP contribution in [0.4, 0.5) is 0 Å². The number of halogens is 1. The fourth-order valence-electron chi connectivity index (χ4n) is 2.27. The van der Waals surface area contributed by atoms with Crippen molar-refractivity contribution in [3.05, 3.63) is 64.7 Å². The van der Waals surface area contributed by atoms with Crippen molar-refractivity contribution in [2.45, 2.75) is 25.5 Å². The maximum Gasteiger partial charge on any atom is 0.239 e. The van der Waals surface area contributed by atoms with E-state index < -0.39 is 5.54 Å². The Morgan fingerprint density at radius 1 is 1.22 bits per heavy atom. The van der Waals surface area contributed by atoms with Crippen LogP contribution in [0.2, 0.25) is 5.02 Å². The van der Waals surface area contributed by atoms with Gasteiger partial charge >= 0.3 is 0 Å². The number of ether oxygens (including phenoxy) is 1. The van der Waals surface area contributed by atoms with Gasteiger partial charge in [-0.05, 0) is 37.1 Å². The fourth-order valence-corrected chi connectivity index (χ4v) is 2.46. The van der Waals surface area contributed by atoms with Crippen LogP contribution in [0.1, 0.15) is 18.1 Å². The molecule has 0 saturated carbocycles. The third-order valence-corrected chi connectivity index (χ3v) is 3.96. The summed E-state index contributed by atoms with van der Waals surface area (Å²) in [6, 6.07) is 15.1. The SMILES string of the molecule is CNC(=O)C(C)(N)Cc1ccc(OCc2ccccc2Cl)cc1. The molecule has 0 bridgehead atoms. The van der Waals surface area contributed by atoms with E-state index in [-0.39, 0.29) is 5.91 Å². The van der Waals surface area contributed by atoms with Crippen LogP contribution in [0.15, 0.2) is 48.5 Å². The summed E-state index contributed by atoms with van der Waals surface area (Å²) in [6.07, 6.45) is 0.456. The molecule has 0 radical (unpaired) electrons. The first kappa shape index (κ1) is 17.3. The normalized spacial score (nSPS) is 13.2. The second kappa shape index (κ2) is 7.49. The first-order chi connectivity index (χ1) is 10.9. The van der Waals surface area contributed by atoms with E-state index in [9.17, 15) is 4.79 Å².